The van der Waals surface area contributed by atoms with Gasteiger partial charge in [0, 0.05) is 40.6 Å². The van der Waals surface area contributed by atoms with Gasteiger partial charge in [0.2, 0.25) is 10.0 Å². The van der Waals surface area contributed by atoms with E-state index >= 15 is 0 Å². The lowest BCUT2D eigenvalue weighted by Crippen LogP contribution is -2.68. The van der Waals surface area contributed by atoms with E-state index in [-0.39, 0.29) is 28.9 Å². The number of nitrogens with two attached hydrogens (primary N) is 1. The Balaban J connectivity index is 1.57. The van der Waals surface area contributed by atoms with Gasteiger partial charge in [-0.05, 0) is 24.6 Å². The summed E-state index contributed by atoms with van der Waals surface area (Å²) >= 11 is 0. The molecule has 2 aromatic rings. The number of hydrogen-bond acceptors (Lipinski definition) is 5. The fraction of sp³-hybridized carbons (Fsp3) is 0.353. The zero-order valence-corrected chi connectivity index (χ0v) is 14.0. The Morgan fingerprint density at radius 2 is 2.08 bits per heavy atom. The highest BCUT2D eigenvalue weighted by Gasteiger charge is 2.53. The Kier molecular flexibility index (Phi) is 3.06. The highest BCUT2D eigenvalue weighted by Crippen LogP contribution is 2.40. The average molecular weight is 359 g/mol. The normalized spacial score (nSPS) is 30.2. The van der Waals surface area contributed by atoms with Crippen LogP contribution in [0.25, 0.3) is 10.8 Å². The minimum absolute atomic E-state index is 0.148. The molecule has 1 saturated heterocycles. The van der Waals surface area contributed by atoms with E-state index in [1.165, 1.54) is 6.07 Å². The van der Waals surface area contributed by atoms with E-state index in [1.807, 2.05) is 0 Å². The zero-order valence-electron chi connectivity index (χ0n) is 13.2. The Morgan fingerprint density at radius 3 is 2.92 bits per heavy atom. The summed E-state index contributed by atoms with van der Waals surface area (Å²) < 4.78 is 34.3. The largest absolute Gasteiger partial charge is 0.376 e. The molecule has 4 atom stereocenters. The molecule has 4 N–H and O–H groups in total. The number of fused-ring (bicyclic) bond motifs is 1. The molecule has 2 aliphatic heterocycles. The third-order valence-corrected chi connectivity index (χ3v) is 7.04. The molecule has 1 amide bonds. The quantitative estimate of drug-likeness (QED) is 0.751. The summed E-state index contributed by atoms with van der Waals surface area (Å²) in [4.78, 5) is 12.2. The molecule has 5 rings (SSSR count). The molecule has 0 aromatic heterocycles. The Labute approximate surface area is 144 Å². The van der Waals surface area contributed by atoms with Crippen LogP contribution in [0.2, 0.25) is 0 Å². The van der Waals surface area contributed by atoms with Gasteiger partial charge in [-0.3, -0.25) is 4.79 Å². The first-order valence-electron chi connectivity index (χ1n) is 8.24. The molecule has 3 aliphatic rings. The van der Waals surface area contributed by atoms with Gasteiger partial charge >= 0.3 is 0 Å². The van der Waals surface area contributed by atoms with Crippen molar-refractivity contribution in [2.45, 2.75) is 29.5 Å². The van der Waals surface area contributed by atoms with E-state index < -0.39 is 16.1 Å². The van der Waals surface area contributed by atoms with Crippen molar-refractivity contribution in [1.82, 2.24) is 4.72 Å². The molecule has 7 nitrogen and oxygen atoms in total. The van der Waals surface area contributed by atoms with Crippen LogP contribution >= 0.6 is 0 Å². The van der Waals surface area contributed by atoms with Crippen LogP contribution in [0.1, 0.15) is 16.8 Å². The van der Waals surface area contributed by atoms with Gasteiger partial charge in [0.1, 0.15) is 0 Å². The summed E-state index contributed by atoms with van der Waals surface area (Å²) in [5.41, 5.74) is 7.24. The topological polar surface area (TPSA) is 111 Å². The van der Waals surface area contributed by atoms with E-state index in [2.05, 4.69) is 10.0 Å². The molecule has 0 spiro atoms. The van der Waals surface area contributed by atoms with Crippen LogP contribution < -0.4 is 15.8 Å². The van der Waals surface area contributed by atoms with Crippen molar-refractivity contribution >= 4 is 32.4 Å². The maximum Gasteiger partial charge on any atom is 0.256 e. The zero-order chi connectivity index (χ0) is 17.3. The molecule has 0 radical (unpaired) electrons. The molecule has 0 unspecified atom stereocenters. The second-order valence-electron chi connectivity index (χ2n) is 6.81. The van der Waals surface area contributed by atoms with Crippen molar-refractivity contribution in [2.75, 3.05) is 11.9 Å². The van der Waals surface area contributed by atoms with Crippen molar-refractivity contribution in [3.63, 3.8) is 0 Å². The van der Waals surface area contributed by atoms with Crippen molar-refractivity contribution < 1.29 is 17.9 Å². The summed E-state index contributed by atoms with van der Waals surface area (Å²) in [6.07, 6.45) is 0.726. The highest BCUT2D eigenvalue weighted by molar-refractivity contribution is 7.89. The number of hydrogen-bond donors (Lipinski definition) is 3. The minimum atomic E-state index is -3.79. The van der Waals surface area contributed by atoms with E-state index in [1.54, 1.807) is 24.3 Å². The van der Waals surface area contributed by atoms with E-state index in [0.29, 0.717) is 28.6 Å². The van der Waals surface area contributed by atoms with E-state index in [0.717, 1.165) is 6.42 Å². The maximum atomic E-state index is 13.0. The number of carbonyl (C=O) groups excluding carboxylic acids is 1. The highest BCUT2D eigenvalue weighted by atomic mass is 32.2. The van der Waals surface area contributed by atoms with Crippen molar-refractivity contribution in [1.29, 1.82) is 0 Å². The van der Waals surface area contributed by atoms with Gasteiger partial charge in [-0.1, -0.05) is 12.1 Å². The van der Waals surface area contributed by atoms with Crippen LogP contribution in [0.3, 0.4) is 0 Å². The Bertz CT molecular complexity index is 1020. The fourth-order valence-electron chi connectivity index (χ4n) is 4.23. The molecule has 130 valence electrons. The van der Waals surface area contributed by atoms with Gasteiger partial charge in [0.05, 0.1) is 17.0 Å². The number of nitrogens with one attached hydrogen (secondary N) is 2. The smallest absolute Gasteiger partial charge is 0.256 e. The SMILES string of the molecule is N[C@H]1[C@H]2CCO[C@H]2[C@@H]1NS(=O)(=O)c1ccc2c3c(cccc13)C(=O)N2. The van der Waals surface area contributed by atoms with Crippen LogP contribution in [-0.4, -0.2) is 39.1 Å². The molecule has 2 aromatic carbocycles. The molecule has 2 heterocycles. The number of carbonyl (C=O) groups is 1. The number of amides is 1. The molecular formula is C17H17N3O4S. The Hall–Kier alpha value is -2.00. The summed E-state index contributed by atoms with van der Waals surface area (Å²) in [5.74, 6) is 0.00801. The molecule has 1 saturated carbocycles. The predicted octanol–water partition coefficient (Wildman–Crippen LogP) is 0.798. The van der Waals surface area contributed by atoms with E-state index in [9.17, 15) is 13.2 Å². The number of rotatable bonds is 3. The van der Waals surface area contributed by atoms with Gasteiger partial charge < -0.3 is 15.8 Å². The summed E-state index contributed by atoms with van der Waals surface area (Å²) in [7, 11) is -3.79. The van der Waals surface area contributed by atoms with Gasteiger partial charge in [-0.15, -0.1) is 0 Å². The second-order valence-corrected chi connectivity index (χ2v) is 8.49. The van der Waals surface area contributed by atoms with Crippen LogP contribution in [0.4, 0.5) is 5.69 Å². The first kappa shape index (κ1) is 15.3. The second kappa shape index (κ2) is 5.01. The average Bonchev–Trinajstić information content (AvgIpc) is 3.17. The Morgan fingerprint density at radius 1 is 1.24 bits per heavy atom. The lowest BCUT2D eigenvalue weighted by atomic mass is 9.73. The monoisotopic (exact) mass is 359 g/mol. The van der Waals surface area contributed by atoms with E-state index in [4.69, 9.17) is 10.5 Å². The fourth-order valence-corrected chi connectivity index (χ4v) is 5.72. The van der Waals surface area contributed by atoms with Crippen LogP contribution in [0.15, 0.2) is 35.2 Å². The first-order chi connectivity index (χ1) is 12.0. The molecule has 8 heteroatoms. The molecular weight excluding hydrogens is 342 g/mol. The number of benzene rings is 2. The van der Waals surface area contributed by atoms with Gasteiger partial charge in [-0.2, -0.15) is 0 Å². The van der Waals surface area contributed by atoms with Crippen molar-refractivity contribution in [3.05, 3.63) is 35.9 Å². The number of anilines is 1. The lowest BCUT2D eigenvalue weighted by Gasteiger charge is -2.45. The van der Waals surface area contributed by atoms with Crippen LogP contribution in [0, 0.1) is 5.92 Å². The third kappa shape index (κ3) is 2.02. The lowest BCUT2D eigenvalue weighted by molar-refractivity contribution is -0.00923. The van der Waals surface area contributed by atoms with Crippen molar-refractivity contribution in [3.8, 4) is 0 Å². The molecule has 25 heavy (non-hydrogen) atoms. The van der Waals surface area contributed by atoms with Crippen molar-refractivity contribution in [2.24, 2.45) is 11.7 Å². The third-order valence-electron chi connectivity index (χ3n) is 5.52. The van der Waals surface area contributed by atoms with Gasteiger partial charge in [0.15, 0.2) is 0 Å². The van der Waals surface area contributed by atoms with Crippen LogP contribution in [-0.2, 0) is 14.8 Å². The minimum Gasteiger partial charge on any atom is -0.376 e. The first-order valence-corrected chi connectivity index (χ1v) is 9.72. The summed E-state index contributed by atoms with van der Waals surface area (Å²) in [6, 6.07) is 7.59. The molecule has 2 fully saturated rings. The standard InChI is InChI=1S/C17H17N3O4S/c18-14-10-6-7-24-16(10)15(14)20-25(22,23)12-5-4-11-13-8(12)2-1-3-9(13)17(21)19-11/h1-5,10,14-16,20H,6-7,18H2,(H,19,21)/t10-,14+,15-,16-/m1/s1. The number of sulfonamides is 1. The molecule has 0 bridgehead atoms. The maximum absolute atomic E-state index is 13.0. The van der Waals surface area contributed by atoms with Gasteiger partial charge in [-0.25, -0.2) is 13.1 Å². The summed E-state index contributed by atoms with van der Waals surface area (Å²) in [5, 5.41) is 3.92. The molecule has 1 aliphatic carbocycles. The number of ether oxygens (including phenoxy) is 1. The van der Waals surface area contributed by atoms with Crippen LogP contribution in [0.5, 0.6) is 0 Å². The predicted molar refractivity (Wildman–Crippen MR) is 91.8 cm³/mol. The summed E-state index contributed by atoms with van der Waals surface area (Å²) in [6.45, 7) is 0.621. The van der Waals surface area contributed by atoms with Gasteiger partial charge in [0.25, 0.3) is 5.91 Å².